The fourth-order valence-electron chi connectivity index (χ4n) is 2.35. The summed E-state index contributed by atoms with van der Waals surface area (Å²) in [7, 11) is 0. The number of carbonyl (C=O) groups is 1. The van der Waals surface area contributed by atoms with E-state index in [1.54, 1.807) is 0 Å². The minimum absolute atomic E-state index is 0.199. The maximum atomic E-state index is 11.4. The average Bonchev–Trinajstić information content (AvgIpc) is 2.28. The Morgan fingerprint density at radius 3 is 2.71 bits per heavy atom. The average molecular weight is 241 g/mol. The molecule has 17 heavy (non-hydrogen) atoms. The number of likely N-dealkylation sites (tertiary alicyclic amines) is 1. The first-order valence-electron chi connectivity index (χ1n) is 6.79. The molecule has 1 amide bonds. The Morgan fingerprint density at radius 1 is 1.47 bits per heavy atom. The van der Waals surface area contributed by atoms with Crippen molar-refractivity contribution in [3.8, 4) is 0 Å². The lowest BCUT2D eigenvalue weighted by atomic mass is 9.88. The monoisotopic (exact) mass is 241 g/mol. The number of carbonyl (C=O) groups excluding carboxylic acids is 1. The minimum Gasteiger partial charge on any atom is -0.368 e. The molecule has 1 aliphatic rings. The van der Waals surface area contributed by atoms with Crippen molar-refractivity contribution < 1.29 is 4.79 Å². The van der Waals surface area contributed by atoms with Gasteiger partial charge in [0.1, 0.15) is 0 Å². The van der Waals surface area contributed by atoms with E-state index in [1.807, 2.05) is 0 Å². The Morgan fingerprint density at radius 2 is 2.18 bits per heavy atom. The van der Waals surface area contributed by atoms with Crippen molar-refractivity contribution in [3.05, 3.63) is 0 Å². The number of hydrogen-bond acceptors (Lipinski definition) is 3. The van der Waals surface area contributed by atoms with Crippen molar-refractivity contribution in [2.45, 2.75) is 39.7 Å². The lowest BCUT2D eigenvalue weighted by molar-refractivity contribution is -0.120. The van der Waals surface area contributed by atoms with Crippen LogP contribution in [0.25, 0.3) is 0 Å². The predicted octanol–water partition coefficient (Wildman–Crippen LogP) is 0.818. The zero-order valence-electron chi connectivity index (χ0n) is 11.4. The summed E-state index contributed by atoms with van der Waals surface area (Å²) >= 11 is 0. The molecule has 100 valence electrons. The molecule has 4 nitrogen and oxygen atoms in total. The standard InChI is InChI=1S/C13H27N3O/c1-4-6-15-12(13(14)17)9-16-7-5-10(2)11(3)8-16/h10-12,15H,4-9H2,1-3H3,(H2,14,17). The molecule has 1 aliphatic heterocycles. The summed E-state index contributed by atoms with van der Waals surface area (Å²) < 4.78 is 0. The lowest BCUT2D eigenvalue weighted by Gasteiger charge is -2.36. The van der Waals surface area contributed by atoms with Crippen molar-refractivity contribution in [2.24, 2.45) is 17.6 Å². The van der Waals surface area contributed by atoms with Gasteiger partial charge in [-0.3, -0.25) is 4.79 Å². The molecule has 0 radical (unpaired) electrons. The molecule has 0 aromatic heterocycles. The van der Waals surface area contributed by atoms with Crippen LogP contribution in [-0.4, -0.2) is 43.0 Å². The summed E-state index contributed by atoms with van der Waals surface area (Å²) in [6.07, 6.45) is 2.25. The molecule has 3 unspecified atom stereocenters. The number of nitrogens with zero attached hydrogens (tertiary/aromatic N) is 1. The zero-order chi connectivity index (χ0) is 12.8. The fraction of sp³-hybridized carbons (Fsp3) is 0.923. The third-order valence-electron chi connectivity index (χ3n) is 3.84. The largest absolute Gasteiger partial charge is 0.368 e. The first-order chi connectivity index (χ1) is 8.04. The molecule has 1 fully saturated rings. The first-order valence-corrected chi connectivity index (χ1v) is 6.79. The summed E-state index contributed by atoms with van der Waals surface area (Å²) in [5.41, 5.74) is 5.43. The quantitative estimate of drug-likeness (QED) is 0.724. The summed E-state index contributed by atoms with van der Waals surface area (Å²) in [4.78, 5) is 13.7. The van der Waals surface area contributed by atoms with Crippen LogP contribution >= 0.6 is 0 Å². The summed E-state index contributed by atoms with van der Waals surface area (Å²) in [5.74, 6) is 1.27. The van der Waals surface area contributed by atoms with E-state index < -0.39 is 0 Å². The molecule has 4 heteroatoms. The maximum Gasteiger partial charge on any atom is 0.235 e. The van der Waals surface area contributed by atoms with Gasteiger partial charge in [0, 0.05) is 13.1 Å². The number of piperidine rings is 1. The van der Waals surface area contributed by atoms with E-state index in [4.69, 9.17) is 5.73 Å². The number of amides is 1. The summed E-state index contributed by atoms with van der Waals surface area (Å²) in [6, 6.07) is -0.199. The SMILES string of the molecule is CCCNC(CN1CCC(C)C(C)C1)C(N)=O. The molecule has 0 aromatic rings. The molecule has 0 bridgehead atoms. The molecule has 1 heterocycles. The van der Waals surface area contributed by atoms with Gasteiger partial charge in [-0.2, -0.15) is 0 Å². The first kappa shape index (κ1) is 14.5. The third kappa shape index (κ3) is 4.64. The van der Waals surface area contributed by atoms with Crippen molar-refractivity contribution in [1.29, 1.82) is 0 Å². The summed E-state index contributed by atoms with van der Waals surface area (Å²) in [5, 5.41) is 3.23. The Balaban J connectivity index is 2.41. The third-order valence-corrected chi connectivity index (χ3v) is 3.84. The van der Waals surface area contributed by atoms with E-state index in [2.05, 4.69) is 31.0 Å². The Labute approximate surface area is 105 Å². The van der Waals surface area contributed by atoms with Crippen molar-refractivity contribution in [3.63, 3.8) is 0 Å². The van der Waals surface area contributed by atoms with Gasteiger partial charge in [0.15, 0.2) is 0 Å². The molecule has 3 atom stereocenters. The Bertz CT molecular complexity index is 245. The van der Waals surface area contributed by atoms with Gasteiger partial charge < -0.3 is 16.0 Å². The molecule has 1 saturated heterocycles. The van der Waals surface area contributed by atoms with Crippen LogP contribution in [0.4, 0.5) is 0 Å². The van der Waals surface area contributed by atoms with E-state index >= 15 is 0 Å². The molecule has 0 spiro atoms. The van der Waals surface area contributed by atoms with Gasteiger partial charge in [0.05, 0.1) is 6.04 Å². The van der Waals surface area contributed by atoms with E-state index in [0.717, 1.165) is 38.5 Å². The van der Waals surface area contributed by atoms with E-state index in [1.165, 1.54) is 6.42 Å². The van der Waals surface area contributed by atoms with Crippen LogP contribution in [0, 0.1) is 11.8 Å². The van der Waals surface area contributed by atoms with Crippen LogP contribution < -0.4 is 11.1 Å². The minimum atomic E-state index is -0.232. The number of rotatable bonds is 6. The molecule has 3 N–H and O–H groups in total. The van der Waals surface area contributed by atoms with Crippen molar-refractivity contribution in [2.75, 3.05) is 26.2 Å². The highest BCUT2D eigenvalue weighted by molar-refractivity contribution is 5.80. The second-order valence-electron chi connectivity index (χ2n) is 5.41. The molecular weight excluding hydrogens is 214 g/mol. The van der Waals surface area contributed by atoms with Crippen LogP contribution in [0.3, 0.4) is 0 Å². The highest BCUT2D eigenvalue weighted by Gasteiger charge is 2.25. The van der Waals surface area contributed by atoms with Gasteiger partial charge in [0.2, 0.25) is 5.91 Å². The van der Waals surface area contributed by atoms with Gasteiger partial charge in [-0.25, -0.2) is 0 Å². The number of nitrogens with one attached hydrogen (secondary N) is 1. The highest BCUT2D eigenvalue weighted by atomic mass is 16.1. The van der Waals surface area contributed by atoms with Crippen LogP contribution in [0.15, 0.2) is 0 Å². The molecular formula is C13H27N3O. The van der Waals surface area contributed by atoms with E-state index in [9.17, 15) is 4.79 Å². The van der Waals surface area contributed by atoms with Gasteiger partial charge in [0.25, 0.3) is 0 Å². The second-order valence-corrected chi connectivity index (χ2v) is 5.41. The van der Waals surface area contributed by atoms with Gasteiger partial charge >= 0.3 is 0 Å². The van der Waals surface area contributed by atoms with Crippen LogP contribution in [0.2, 0.25) is 0 Å². The van der Waals surface area contributed by atoms with Crippen molar-refractivity contribution >= 4 is 5.91 Å². The molecule has 1 rings (SSSR count). The van der Waals surface area contributed by atoms with Crippen LogP contribution in [0.5, 0.6) is 0 Å². The number of primary amides is 1. The molecule has 0 aliphatic carbocycles. The second kappa shape index (κ2) is 6.97. The van der Waals surface area contributed by atoms with Gasteiger partial charge in [-0.05, 0) is 37.8 Å². The topological polar surface area (TPSA) is 58.4 Å². The smallest absolute Gasteiger partial charge is 0.235 e. The number of nitrogens with two attached hydrogens (primary N) is 1. The van der Waals surface area contributed by atoms with Crippen LogP contribution in [0.1, 0.15) is 33.6 Å². The Hall–Kier alpha value is -0.610. The Kier molecular flexibility index (Phi) is 5.92. The number of hydrogen-bond donors (Lipinski definition) is 2. The van der Waals surface area contributed by atoms with Gasteiger partial charge in [-0.1, -0.05) is 20.8 Å². The lowest BCUT2D eigenvalue weighted by Crippen LogP contribution is -2.51. The zero-order valence-corrected chi connectivity index (χ0v) is 11.4. The van der Waals surface area contributed by atoms with E-state index in [-0.39, 0.29) is 11.9 Å². The van der Waals surface area contributed by atoms with E-state index in [0.29, 0.717) is 5.92 Å². The fourth-order valence-corrected chi connectivity index (χ4v) is 2.35. The molecule has 0 aromatic carbocycles. The maximum absolute atomic E-state index is 11.4. The normalized spacial score (nSPS) is 27.9. The summed E-state index contributed by atoms with van der Waals surface area (Å²) in [6.45, 7) is 10.5. The highest BCUT2D eigenvalue weighted by Crippen LogP contribution is 2.22. The van der Waals surface area contributed by atoms with Gasteiger partial charge in [-0.15, -0.1) is 0 Å². The predicted molar refractivity (Wildman–Crippen MR) is 70.7 cm³/mol. The van der Waals surface area contributed by atoms with Crippen LogP contribution in [-0.2, 0) is 4.79 Å². The molecule has 0 saturated carbocycles. The van der Waals surface area contributed by atoms with Crippen molar-refractivity contribution in [1.82, 2.24) is 10.2 Å².